The lowest BCUT2D eigenvalue weighted by atomic mass is 10.1. The Morgan fingerprint density at radius 2 is 1.73 bits per heavy atom. The number of hydrogen-bond donors (Lipinski definition) is 0. The van der Waals surface area contributed by atoms with Crippen molar-refractivity contribution < 1.29 is 4.79 Å². The Labute approximate surface area is 69.5 Å². The third kappa shape index (κ3) is 9.45. The van der Waals surface area contributed by atoms with Crippen LogP contribution in [0.1, 0.15) is 44.9 Å². The first-order valence-corrected chi connectivity index (χ1v) is 4.40. The van der Waals surface area contributed by atoms with Crippen LogP contribution in [0.25, 0.3) is 0 Å². The fourth-order valence-electron chi connectivity index (χ4n) is 1.01. The van der Waals surface area contributed by atoms with Gasteiger partial charge in [-0.15, -0.1) is 0 Å². The summed E-state index contributed by atoms with van der Waals surface area (Å²) in [7, 11) is 0. The molecule has 0 heterocycles. The van der Waals surface area contributed by atoms with Gasteiger partial charge in [-0.05, 0) is 18.9 Å². The zero-order valence-corrected chi connectivity index (χ0v) is 7.14. The van der Waals surface area contributed by atoms with Gasteiger partial charge in [0, 0.05) is 0 Å². The molecule has 0 atom stereocenters. The Morgan fingerprint density at radius 3 is 2.36 bits per heavy atom. The summed E-state index contributed by atoms with van der Waals surface area (Å²) in [6.45, 7) is 3.78. The van der Waals surface area contributed by atoms with E-state index in [-0.39, 0.29) is 0 Å². The van der Waals surface area contributed by atoms with E-state index in [0.717, 1.165) is 19.3 Å². The van der Waals surface area contributed by atoms with Gasteiger partial charge in [-0.1, -0.05) is 39.0 Å². The number of carbonyl (C=O) groups excluding carboxylic acids is 1. The highest BCUT2D eigenvalue weighted by atomic mass is 16.1. The van der Waals surface area contributed by atoms with E-state index in [1.165, 1.54) is 25.7 Å². The lowest BCUT2D eigenvalue weighted by Crippen LogP contribution is -1.77. The zero-order valence-electron chi connectivity index (χ0n) is 7.14. The molecule has 0 saturated heterocycles. The highest BCUT2D eigenvalue weighted by Gasteiger charge is 1.87. The second-order valence-electron chi connectivity index (χ2n) is 2.73. The van der Waals surface area contributed by atoms with Gasteiger partial charge < -0.3 is 0 Å². The molecule has 0 aliphatic rings. The van der Waals surface area contributed by atoms with Gasteiger partial charge in [0.1, 0.15) is 5.94 Å². The normalized spacial score (nSPS) is 9.18. The van der Waals surface area contributed by atoms with E-state index in [1.54, 1.807) is 12.0 Å². The highest BCUT2D eigenvalue weighted by Crippen LogP contribution is 2.06. The molecule has 0 aliphatic heterocycles. The van der Waals surface area contributed by atoms with Crippen molar-refractivity contribution >= 4 is 5.94 Å². The molecule has 0 bridgehead atoms. The molecule has 0 fully saturated rings. The van der Waals surface area contributed by atoms with Crippen molar-refractivity contribution in [1.29, 1.82) is 0 Å². The maximum absolute atomic E-state index is 9.75. The van der Waals surface area contributed by atoms with Gasteiger partial charge in [-0.2, -0.15) is 0 Å². The van der Waals surface area contributed by atoms with Crippen LogP contribution in [0.5, 0.6) is 0 Å². The summed E-state index contributed by atoms with van der Waals surface area (Å²) >= 11 is 0. The van der Waals surface area contributed by atoms with Crippen molar-refractivity contribution in [2.75, 3.05) is 0 Å². The summed E-state index contributed by atoms with van der Waals surface area (Å²) in [6.07, 6.45) is 9.69. The Morgan fingerprint density at radius 1 is 1.09 bits per heavy atom. The molecule has 0 amide bonds. The van der Waals surface area contributed by atoms with Crippen LogP contribution in [-0.4, -0.2) is 5.94 Å². The van der Waals surface area contributed by atoms with Gasteiger partial charge in [0.25, 0.3) is 0 Å². The summed E-state index contributed by atoms with van der Waals surface area (Å²) in [5.74, 6) is 1.78. The molecule has 0 N–H and O–H groups in total. The Hall–Kier alpha value is -0.550. The van der Waals surface area contributed by atoms with Gasteiger partial charge >= 0.3 is 0 Å². The van der Waals surface area contributed by atoms with Crippen molar-refractivity contribution in [2.24, 2.45) is 0 Å². The fourth-order valence-corrected chi connectivity index (χ4v) is 1.01. The van der Waals surface area contributed by atoms with E-state index in [1.807, 2.05) is 0 Å². The summed E-state index contributed by atoms with van der Waals surface area (Å²) < 4.78 is 0. The van der Waals surface area contributed by atoms with Crippen molar-refractivity contribution in [2.45, 2.75) is 44.9 Å². The summed E-state index contributed by atoms with van der Waals surface area (Å²) in [6, 6.07) is 0. The summed E-state index contributed by atoms with van der Waals surface area (Å²) in [5.41, 5.74) is 0. The minimum atomic E-state index is 0.897. The van der Waals surface area contributed by atoms with Crippen LogP contribution >= 0.6 is 0 Å². The fraction of sp³-hybridized carbons (Fsp3) is 0.700. The minimum absolute atomic E-state index is 0.897. The first kappa shape index (κ1) is 10.4. The van der Waals surface area contributed by atoms with Gasteiger partial charge in [-0.3, -0.25) is 0 Å². The first-order valence-electron chi connectivity index (χ1n) is 4.40. The van der Waals surface area contributed by atoms with Crippen LogP contribution in [0, 0.1) is 6.92 Å². The molecular weight excluding hydrogens is 136 g/mol. The van der Waals surface area contributed by atoms with Crippen molar-refractivity contribution in [3.63, 3.8) is 0 Å². The van der Waals surface area contributed by atoms with Gasteiger partial charge in [0.15, 0.2) is 0 Å². The predicted molar refractivity (Wildman–Crippen MR) is 47.9 cm³/mol. The molecule has 0 saturated carbocycles. The molecule has 0 spiro atoms. The van der Waals surface area contributed by atoms with Gasteiger partial charge in [0.2, 0.25) is 0 Å². The molecule has 0 unspecified atom stereocenters. The molecule has 0 rings (SSSR count). The lowest BCUT2D eigenvalue weighted by Gasteiger charge is -1.96. The number of hydrogen-bond acceptors (Lipinski definition) is 1. The minimum Gasteiger partial charge on any atom is -0.234 e. The van der Waals surface area contributed by atoms with Crippen molar-refractivity contribution in [3.8, 4) is 0 Å². The molecule has 11 heavy (non-hydrogen) atoms. The summed E-state index contributed by atoms with van der Waals surface area (Å²) in [4.78, 5) is 9.75. The highest BCUT2D eigenvalue weighted by molar-refractivity contribution is 5.44. The van der Waals surface area contributed by atoms with Crippen LogP contribution in [0.2, 0.25) is 0 Å². The monoisotopic (exact) mass is 153 g/mol. The second kappa shape index (κ2) is 9.45. The molecule has 1 heteroatoms. The molecule has 0 aromatic heterocycles. The standard InChI is InChI=1S/C10H17O/c1-2-3-4-5-6-7-8-9-10-11/h9H,1-8H2. The molecule has 1 radical (unpaired) electrons. The Balaban J connectivity index is 2.84. The third-order valence-corrected chi connectivity index (χ3v) is 1.68. The lowest BCUT2D eigenvalue weighted by molar-refractivity contribution is 0.567. The Bertz CT molecular complexity index is 112. The van der Waals surface area contributed by atoms with Crippen LogP contribution in [0.3, 0.4) is 0 Å². The van der Waals surface area contributed by atoms with E-state index >= 15 is 0 Å². The first-order chi connectivity index (χ1) is 5.41. The van der Waals surface area contributed by atoms with Crippen molar-refractivity contribution in [3.05, 3.63) is 13.0 Å². The molecule has 0 aliphatic carbocycles. The number of allylic oxidation sites excluding steroid dienone is 1. The maximum Gasteiger partial charge on any atom is 0.120 e. The molecule has 63 valence electrons. The average molecular weight is 153 g/mol. The Kier molecular flexibility index (Phi) is 8.98. The van der Waals surface area contributed by atoms with Crippen LogP contribution in [0.15, 0.2) is 6.08 Å². The largest absolute Gasteiger partial charge is 0.234 e. The number of rotatable bonds is 7. The van der Waals surface area contributed by atoms with E-state index in [4.69, 9.17) is 0 Å². The summed E-state index contributed by atoms with van der Waals surface area (Å²) in [5, 5.41) is 0. The van der Waals surface area contributed by atoms with Crippen LogP contribution < -0.4 is 0 Å². The van der Waals surface area contributed by atoms with Crippen LogP contribution in [-0.2, 0) is 4.79 Å². The van der Waals surface area contributed by atoms with E-state index in [2.05, 4.69) is 6.92 Å². The molecule has 0 aromatic carbocycles. The molecule has 1 nitrogen and oxygen atoms in total. The molecular formula is C10H17O. The van der Waals surface area contributed by atoms with E-state index in [9.17, 15) is 4.79 Å². The third-order valence-electron chi connectivity index (χ3n) is 1.68. The van der Waals surface area contributed by atoms with Crippen LogP contribution in [0.4, 0.5) is 0 Å². The van der Waals surface area contributed by atoms with Gasteiger partial charge in [-0.25, -0.2) is 4.79 Å². The quantitative estimate of drug-likeness (QED) is 0.406. The second-order valence-corrected chi connectivity index (χ2v) is 2.73. The average Bonchev–Trinajstić information content (AvgIpc) is 2.03. The van der Waals surface area contributed by atoms with Crippen molar-refractivity contribution in [1.82, 2.24) is 0 Å². The predicted octanol–water partition coefficient (Wildman–Crippen LogP) is 2.94. The van der Waals surface area contributed by atoms with E-state index in [0.29, 0.717) is 0 Å². The van der Waals surface area contributed by atoms with E-state index < -0.39 is 0 Å². The smallest absolute Gasteiger partial charge is 0.120 e. The zero-order chi connectivity index (χ0) is 8.36. The number of unbranched alkanes of at least 4 members (excludes halogenated alkanes) is 6. The maximum atomic E-state index is 9.75. The molecule has 0 aromatic rings. The topological polar surface area (TPSA) is 17.1 Å². The SMILES string of the molecule is [CH2]CCCCCCCC=C=O. The van der Waals surface area contributed by atoms with Gasteiger partial charge in [0.05, 0.1) is 0 Å².